The SMILES string of the molecule is Cn1ncc(C(=O)Nc2ccc(F)cc2Cl)c1N. The number of carbonyl (C=O) groups excluding carboxylic acids is 1. The largest absolute Gasteiger partial charge is 0.383 e. The number of nitrogens with zero attached hydrogens (tertiary/aromatic N) is 2. The molecule has 2 aromatic rings. The molecule has 3 N–H and O–H groups in total. The fourth-order valence-electron chi connectivity index (χ4n) is 1.40. The van der Waals surface area contributed by atoms with Crippen molar-refractivity contribution in [1.29, 1.82) is 0 Å². The van der Waals surface area contributed by atoms with E-state index >= 15 is 0 Å². The van der Waals surface area contributed by atoms with Crippen molar-refractivity contribution in [2.75, 3.05) is 11.1 Å². The van der Waals surface area contributed by atoms with E-state index < -0.39 is 11.7 Å². The van der Waals surface area contributed by atoms with E-state index in [1.807, 2.05) is 0 Å². The van der Waals surface area contributed by atoms with Gasteiger partial charge in [-0.1, -0.05) is 11.6 Å². The maximum atomic E-state index is 12.8. The number of aryl methyl sites for hydroxylation is 1. The summed E-state index contributed by atoms with van der Waals surface area (Å²) in [6, 6.07) is 3.69. The third kappa shape index (κ3) is 2.28. The summed E-state index contributed by atoms with van der Waals surface area (Å²) in [4.78, 5) is 11.9. The van der Waals surface area contributed by atoms with Crippen LogP contribution < -0.4 is 11.1 Å². The predicted octanol–water partition coefficient (Wildman–Crippen LogP) is 2.05. The summed E-state index contributed by atoms with van der Waals surface area (Å²) in [7, 11) is 1.62. The molecule has 0 aliphatic heterocycles. The van der Waals surface area contributed by atoms with Crippen molar-refractivity contribution in [3.8, 4) is 0 Å². The van der Waals surface area contributed by atoms with E-state index in [2.05, 4.69) is 10.4 Å². The molecule has 0 aliphatic rings. The number of carbonyl (C=O) groups is 1. The normalized spacial score (nSPS) is 10.4. The van der Waals surface area contributed by atoms with E-state index in [1.165, 1.54) is 23.0 Å². The molecule has 18 heavy (non-hydrogen) atoms. The van der Waals surface area contributed by atoms with E-state index in [0.29, 0.717) is 5.69 Å². The van der Waals surface area contributed by atoms with Crippen LogP contribution in [0.5, 0.6) is 0 Å². The molecular weight excluding hydrogens is 259 g/mol. The van der Waals surface area contributed by atoms with Crippen LogP contribution in [0.15, 0.2) is 24.4 Å². The molecule has 1 heterocycles. The zero-order valence-electron chi connectivity index (χ0n) is 9.45. The molecule has 5 nitrogen and oxygen atoms in total. The summed E-state index contributed by atoms with van der Waals surface area (Å²) in [6.07, 6.45) is 1.35. The van der Waals surface area contributed by atoms with Gasteiger partial charge in [0.05, 0.1) is 16.9 Å². The molecule has 7 heteroatoms. The van der Waals surface area contributed by atoms with Crippen molar-refractivity contribution in [3.05, 3.63) is 40.8 Å². The van der Waals surface area contributed by atoms with Crippen LogP contribution in [-0.2, 0) is 7.05 Å². The van der Waals surface area contributed by atoms with Crippen LogP contribution in [-0.4, -0.2) is 15.7 Å². The van der Waals surface area contributed by atoms with Crippen LogP contribution in [0.1, 0.15) is 10.4 Å². The van der Waals surface area contributed by atoms with Crippen molar-refractivity contribution in [1.82, 2.24) is 9.78 Å². The third-order valence-electron chi connectivity index (χ3n) is 2.41. The molecule has 1 aromatic heterocycles. The predicted molar refractivity (Wildman–Crippen MR) is 67.0 cm³/mol. The Labute approximate surface area is 107 Å². The molecular formula is C11H10ClFN4O. The van der Waals surface area contributed by atoms with Crippen LogP contribution in [0.4, 0.5) is 15.9 Å². The minimum Gasteiger partial charge on any atom is -0.383 e. The molecule has 2 rings (SSSR count). The molecule has 94 valence electrons. The minimum atomic E-state index is -0.473. The van der Waals surface area contributed by atoms with Crippen LogP contribution in [0.2, 0.25) is 5.02 Å². The monoisotopic (exact) mass is 268 g/mol. The number of hydrogen-bond donors (Lipinski definition) is 2. The van der Waals surface area contributed by atoms with Crippen molar-refractivity contribution < 1.29 is 9.18 Å². The number of anilines is 2. The molecule has 1 amide bonds. The number of benzene rings is 1. The second-order valence-corrected chi connectivity index (χ2v) is 4.05. The first-order valence-electron chi connectivity index (χ1n) is 5.03. The molecule has 0 bridgehead atoms. The van der Waals surface area contributed by atoms with Gasteiger partial charge in [-0.05, 0) is 18.2 Å². The Balaban J connectivity index is 2.24. The van der Waals surface area contributed by atoms with E-state index in [4.69, 9.17) is 17.3 Å². The van der Waals surface area contributed by atoms with Crippen LogP contribution in [0.25, 0.3) is 0 Å². The van der Waals surface area contributed by atoms with Crippen molar-refractivity contribution in [2.45, 2.75) is 0 Å². The summed E-state index contributed by atoms with van der Waals surface area (Å²) in [5.41, 5.74) is 6.21. The Morgan fingerprint density at radius 3 is 2.83 bits per heavy atom. The fourth-order valence-corrected chi connectivity index (χ4v) is 1.62. The highest BCUT2D eigenvalue weighted by molar-refractivity contribution is 6.34. The van der Waals surface area contributed by atoms with Gasteiger partial charge in [0.15, 0.2) is 0 Å². The molecule has 0 fully saturated rings. The van der Waals surface area contributed by atoms with Gasteiger partial charge in [-0.3, -0.25) is 9.48 Å². The lowest BCUT2D eigenvalue weighted by Crippen LogP contribution is -2.14. The number of rotatable bonds is 2. The lowest BCUT2D eigenvalue weighted by molar-refractivity contribution is 0.102. The van der Waals surface area contributed by atoms with Crippen molar-refractivity contribution >= 4 is 29.0 Å². The van der Waals surface area contributed by atoms with E-state index in [-0.39, 0.29) is 16.4 Å². The smallest absolute Gasteiger partial charge is 0.261 e. The maximum Gasteiger partial charge on any atom is 0.261 e. The highest BCUT2D eigenvalue weighted by Crippen LogP contribution is 2.23. The molecule has 0 aliphatic carbocycles. The Bertz CT molecular complexity index is 611. The molecule has 0 saturated heterocycles. The quantitative estimate of drug-likeness (QED) is 0.875. The Morgan fingerprint density at radius 1 is 1.56 bits per heavy atom. The summed E-state index contributed by atoms with van der Waals surface area (Å²) in [6.45, 7) is 0. The highest BCUT2D eigenvalue weighted by atomic mass is 35.5. The van der Waals surface area contributed by atoms with E-state index in [1.54, 1.807) is 7.05 Å². The summed E-state index contributed by atoms with van der Waals surface area (Å²) in [5, 5.41) is 6.51. The zero-order valence-corrected chi connectivity index (χ0v) is 10.2. The summed E-state index contributed by atoms with van der Waals surface area (Å²) < 4.78 is 14.2. The van der Waals surface area contributed by atoms with Gasteiger partial charge in [0, 0.05) is 7.05 Å². The number of nitrogen functional groups attached to an aromatic ring is 1. The molecule has 0 spiro atoms. The first kappa shape index (κ1) is 12.4. The second-order valence-electron chi connectivity index (χ2n) is 3.65. The average molecular weight is 269 g/mol. The lowest BCUT2D eigenvalue weighted by Gasteiger charge is -2.06. The number of aromatic nitrogens is 2. The zero-order chi connectivity index (χ0) is 13.3. The van der Waals surface area contributed by atoms with Gasteiger partial charge in [0.2, 0.25) is 0 Å². The van der Waals surface area contributed by atoms with Gasteiger partial charge in [0.1, 0.15) is 17.2 Å². The van der Waals surface area contributed by atoms with Gasteiger partial charge in [0.25, 0.3) is 5.91 Å². The Kier molecular flexibility index (Phi) is 3.20. The minimum absolute atomic E-state index is 0.116. The van der Waals surface area contributed by atoms with Gasteiger partial charge in [-0.2, -0.15) is 5.10 Å². The van der Waals surface area contributed by atoms with Crippen LogP contribution >= 0.6 is 11.6 Å². The Morgan fingerprint density at radius 2 is 2.28 bits per heavy atom. The summed E-state index contributed by atoms with van der Waals surface area (Å²) >= 11 is 5.80. The lowest BCUT2D eigenvalue weighted by atomic mass is 10.2. The molecule has 0 radical (unpaired) electrons. The van der Waals surface area contributed by atoms with Crippen LogP contribution in [0.3, 0.4) is 0 Å². The molecule has 1 aromatic carbocycles. The second kappa shape index (κ2) is 4.66. The standard InChI is InChI=1S/C11H10ClFN4O/c1-17-10(14)7(5-15-17)11(18)16-9-3-2-6(13)4-8(9)12/h2-5H,14H2,1H3,(H,16,18). The van der Waals surface area contributed by atoms with Gasteiger partial charge in [-0.25, -0.2) is 4.39 Å². The molecule has 0 unspecified atom stereocenters. The van der Waals surface area contributed by atoms with Crippen molar-refractivity contribution in [3.63, 3.8) is 0 Å². The van der Waals surface area contributed by atoms with E-state index in [0.717, 1.165) is 6.07 Å². The summed E-state index contributed by atoms with van der Waals surface area (Å²) in [5.74, 6) is -0.682. The fraction of sp³-hybridized carbons (Fsp3) is 0.0909. The maximum absolute atomic E-state index is 12.8. The molecule has 0 saturated carbocycles. The Hall–Kier alpha value is -2.08. The van der Waals surface area contributed by atoms with E-state index in [9.17, 15) is 9.18 Å². The third-order valence-corrected chi connectivity index (χ3v) is 2.72. The van der Waals surface area contributed by atoms with Crippen LogP contribution in [0, 0.1) is 5.82 Å². The molecule has 0 atom stereocenters. The average Bonchev–Trinajstić information content (AvgIpc) is 2.64. The number of halogens is 2. The number of nitrogens with one attached hydrogen (secondary N) is 1. The van der Waals surface area contributed by atoms with Crippen molar-refractivity contribution in [2.24, 2.45) is 7.05 Å². The first-order valence-corrected chi connectivity index (χ1v) is 5.40. The number of hydrogen-bond acceptors (Lipinski definition) is 3. The van der Waals surface area contributed by atoms with Gasteiger partial charge < -0.3 is 11.1 Å². The topological polar surface area (TPSA) is 72.9 Å². The number of amides is 1. The van der Waals surface area contributed by atoms with Gasteiger partial charge in [-0.15, -0.1) is 0 Å². The van der Waals surface area contributed by atoms with Gasteiger partial charge >= 0.3 is 0 Å². The number of nitrogens with two attached hydrogens (primary N) is 1. The highest BCUT2D eigenvalue weighted by Gasteiger charge is 2.15. The first-order chi connectivity index (χ1) is 8.49.